The van der Waals surface area contributed by atoms with Crippen LogP contribution < -0.4 is 10.6 Å². The molecule has 0 atom stereocenters. The number of piperidine rings is 1. The zero-order chi connectivity index (χ0) is 11.9. The van der Waals surface area contributed by atoms with Crippen molar-refractivity contribution in [3.8, 4) is 0 Å². The number of ether oxygens (including phenoxy) is 1. The van der Waals surface area contributed by atoms with Gasteiger partial charge in [-0.25, -0.2) is 0 Å². The van der Waals surface area contributed by atoms with E-state index in [1.54, 1.807) is 11.3 Å². The molecule has 0 spiro atoms. The van der Waals surface area contributed by atoms with Gasteiger partial charge in [0.15, 0.2) is 0 Å². The SMILES string of the molecule is O=C(COC1CCNCC1)NCc1cccs1. The third-order valence-corrected chi connectivity index (χ3v) is 3.65. The summed E-state index contributed by atoms with van der Waals surface area (Å²) in [6, 6.07) is 4.00. The second kappa shape index (κ2) is 6.74. The molecule has 1 aliphatic rings. The topological polar surface area (TPSA) is 50.4 Å². The van der Waals surface area contributed by atoms with Crippen molar-refractivity contribution in [3.05, 3.63) is 22.4 Å². The first-order valence-corrected chi connectivity index (χ1v) is 6.84. The van der Waals surface area contributed by atoms with Gasteiger partial charge in [-0.15, -0.1) is 11.3 Å². The summed E-state index contributed by atoms with van der Waals surface area (Å²) in [5.74, 6) is -0.0306. The molecule has 0 radical (unpaired) electrons. The lowest BCUT2D eigenvalue weighted by atomic mass is 10.1. The van der Waals surface area contributed by atoms with Gasteiger partial charge in [-0.1, -0.05) is 6.07 Å². The van der Waals surface area contributed by atoms with Crippen LogP contribution in [0.2, 0.25) is 0 Å². The van der Waals surface area contributed by atoms with Crippen LogP contribution in [-0.4, -0.2) is 31.7 Å². The van der Waals surface area contributed by atoms with Gasteiger partial charge in [0.1, 0.15) is 6.61 Å². The molecule has 0 unspecified atom stereocenters. The van der Waals surface area contributed by atoms with Gasteiger partial charge in [-0.05, 0) is 37.4 Å². The lowest BCUT2D eigenvalue weighted by molar-refractivity contribution is -0.128. The van der Waals surface area contributed by atoms with Gasteiger partial charge in [0.05, 0.1) is 12.6 Å². The second-order valence-electron chi connectivity index (χ2n) is 4.12. The molecule has 0 aliphatic carbocycles. The van der Waals surface area contributed by atoms with Gasteiger partial charge in [0.25, 0.3) is 0 Å². The van der Waals surface area contributed by atoms with Crippen molar-refractivity contribution in [2.75, 3.05) is 19.7 Å². The Kier molecular flexibility index (Phi) is 4.97. The van der Waals surface area contributed by atoms with E-state index >= 15 is 0 Å². The predicted octanol–water partition coefficient (Wildman–Crippen LogP) is 1.13. The van der Waals surface area contributed by atoms with Crippen LogP contribution in [-0.2, 0) is 16.1 Å². The number of carbonyl (C=O) groups excluding carboxylic acids is 1. The minimum Gasteiger partial charge on any atom is -0.368 e. The minimum absolute atomic E-state index is 0.0306. The molecular formula is C12H18N2O2S. The minimum atomic E-state index is -0.0306. The normalized spacial score (nSPS) is 16.9. The maximum absolute atomic E-state index is 11.5. The lowest BCUT2D eigenvalue weighted by Crippen LogP contribution is -2.35. The Balaban J connectivity index is 1.60. The number of hydrogen-bond acceptors (Lipinski definition) is 4. The number of carbonyl (C=O) groups is 1. The van der Waals surface area contributed by atoms with E-state index in [1.165, 1.54) is 4.88 Å². The fourth-order valence-corrected chi connectivity index (χ4v) is 2.45. The molecule has 0 bridgehead atoms. The Morgan fingerprint density at radius 1 is 1.53 bits per heavy atom. The van der Waals surface area contributed by atoms with E-state index in [0.717, 1.165) is 25.9 Å². The average Bonchev–Trinajstić information content (AvgIpc) is 2.88. The van der Waals surface area contributed by atoms with Crippen molar-refractivity contribution in [1.29, 1.82) is 0 Å². The monoisotopic (exact) mass is 254 g/mol. The van der Waals surface area contributed by atoms with Crippen LogP contribution in [0.4, 0.5) is 0 Å². The van der Waals surface area contributed by atoms with Gasteiger partial charge in [0.2, 0.25) is 5.91 Å². The van der Waals surface area contributed by atoms with Gasteiger partial charge < -0.3 is 15.4 Å². The lowest BCUT2D eigenvalue weighted by Gasteiger charge is -2.22. The summed E-state index contributed by atoms with van der Waals surface area (Å²) in [6.07, 6.45) is 2.24. The largest absolute Gasteiger partial charge is 0.368 e. The summed E-state index contributed by atoms with van der Waals surface area (Å²) in [6.45, 7) is 2.76. The van der Waals surface area contributed by atoms with E-state index < -0.39 is 0 Å². The molecule has 1 amide bonds. The van der Waals surface area contributed by atoms with Crippen molar-refractivity contribution in [3.63, 3.8) is 0 Å². The highest BCUT2D eigenvalue weighted by molar-refractivity contribution is 7.09. The fraction of sp³-hybridized carbons (Fsp3) is 0.583. The molecule has 2 heterocycles. The molecule has 1 aliphatic heterocycles. The summed E-state index contributed by atoms with van der Waals surface area (Å²) in [7, 11) is 0. The number of amides is 1. The molecule has 1 fully saturated rings. The second-order valence-corrected chi connectivity index (χ2v) is 5.15. The van der Waals surface area contributed by atoms with Crippen molar-refractivity contribution >= 4 is 17.2 Å². The zero-order valence-electron chi connectivity index (χ0n) is 9.78. The highest BCUT2D eigenvalue weighted by Crippen LogP contribution is 2.08. The van der Waals surface area contributed by atoms with Crippen molar-refractivity contribution < 1.29 is 9.53 Å². The van der Waals surface area contributed by atoms with Gasteiger partial charge in [-0.2, -0.15) is 0 Å². The number of rotatable bonds is 5. The van der Waals surface area contributed by atoms with Crippen LogP contribution >= 0.6 is 11.3 Å². The maximum Gasteiger partial charge on any atom is 0.246 e. The van der Waals surface area contributed by atoms with Gasteiger partial charge in [-0.3, -0.25) is 4.79 Å². The molecule has 2 rings (SSSR count). The summed E-state index contributed by atoms with van der Waals surface area (Å²) >= 11 is 1.65. The smallest absolute Gasteiger partial charge is 0.246 e. The predicted molar refractivity (Wildman–Crippen MR) is 68.0 cm³/mol. The van der Waals surface area contributed by atoms with E-state index in [0.29, 0.717) is 6.54 Å². The highest BCUT2D eigenvalue weighted by atomic mass is 32.1. The standard InChI is InChI=1S/C12H18N2O2S/c15-12(14-8-11-2-1-7-17-11)9-16-10-3-5-13-6-4-10/h1-2,7,10,13H,3-6,8-9H2,(H,14,15). The molecule has 94 valence electrons. The Labute approximate surface area is 105 Å². The molecular weight excluding hydrogens is 236 g/mol. The molecule has 0 saturated carbocycles. The van der Waals surface area contributed by atoms with Crippen LogP contribution in [0.15, 0.2) is 17.5 Å². The maximum atomic E-state index is 11.5. The summed E-state index contributed by atoms with van der Waals surface area (Å²) in [5.41, 5.74) is 0. The molecule has 1 aromatic rings. The molecule has 0 aromatic carbocycles. The Morgan fingerprint density at radius 2 is 2.35 bits per heavy atom. The van der Waals surface area contributed by atoms with Gasteiger partial charge >= 0.3 is 0 Å². The molecule has 17 heavy (non-hydrogen) atoms. The van der Waals surface area contributed by atoms with Crippen LogP contribution in [0.3, 0.4) is 0 Å². The Hall–Kier alpha value is -0.910. The third-order valence-electron chi connectivity index (χ3n) is 2.78. The number of thiophene rings is 1. The molecule has 4 nitrogen and oxygen atoms in total. The number of nitrogens with one attached hydrogen (secondary N) is 2. The first kappa shape index (κ1) is 12.5. The van der Waals surface area contributed by atoms with E-state index in [1.807, 2.05) is 17.5 Å². The average molecular weight is 254 g/mol. The van der Waals surface area contributed by atoms with Crippen molar-refractivity contribution in [1.82, 2.24) is 10.6 Å². The summed E-state index contributed by atoms with van der Waals surface area (Å²) < 4.78 is 5.57. The Bertz CT molecular complexity index is 334. The molecule has 5 heteroatoms. The molecule has 1 saturated heterocycles. The first-order valence-electron chi connectivity index (χ1n) is 5.96. The van der Waals surface area contributed by atoms with Crippen LogP contribution in [0, 0.1) is 0 Å². The van der Waals surface area contributed by atoms with E-state index in [4.69, 9.17) is 4.74 Å². The van der Waals surface area contributed by atoms with Crippen molar-refractivity contribution in [2.45, 2.75) is 25.5 Å². The summed E-state index contributed by atoms with van der Waals surface area (Å²) in [4.78, 5) is 12.7. The third kappa shape index (κ3) is 4.46. The van der Waals surface area contributed by atoms with E-state index in [-0.39, 0.29) is 18.6 Å². The van der Waals surface area contributed by atoms with E-state index in [2.05, 4.69) is 10.6 Å². The van der Waals surface area contributed by atoms with Gasteiger partial charge in [0, 0.05) is 4.88 Å². The zero-order valence-corrected chi connectivity index (χ0v) is 10.6. The first-order chi connectivity index (χ1) is 8.34. The number of hydrogen-bond donors (Lipinski definition) is 2. The Morgan fingerprint density at radius 3 is 3.06 bits per heavy atom. The quantitative estimate of drug-likeness (QED) is 0.828. The molecule has 2 N–H and O–H groups in total. The van der Waals surface area contributed by atoms with Crippen LogP contribution in [0.1, 0.15) is 17.7 Å². The van der Waals surface area contributed by atoms with E-state index in [9.17, 15) is 4.79 Å². The molecule has 1 aromatic heterocycles. The summed E-state index contributed by atoms with van der Waals surface area (Å²) in [5, 5.41) is 8.13. The van der Waals surface area contributed by atoms with Crippen molar-refractivity contribution in [2.24, 2.45) is 0 Å². The van der Waals surface area contributed by atoms with Crippen LogP contribution in [0.25, 0.3) is 0 Å². The fourth-order valence-electron chi connectivity index (χ4n) is 1.81. The van der Waals surface area contributed by atoms with Crippen LogP contribution in [0.5, 0.6) is 0 Å². The highest BCUT2D eigenvalue weighted by Gasteiger charge is 2.14.